The van der Waals surface area contributed by atoms with Gasteiger partial charge in [0.1, 0.15) is 6.33 Å². The highest BCUT2D eigenvalue weighted by molar-refractivity contribution is 4.84. The largest absolute Gasteiger partial charge is 0.217 e. The Labute approximate surface area is 53.3 Å². The maximum absolute atomic E-state index is 3.89. The number of hydrogen-bond acceptors (Lipinski definition) is 4. The van der Waals surface area contributed by atoms with Crippen LogP contribution in [0.4, 0.5) is 0 Å². The lowest BCUT2D eigenvalue weighted by molar-refractivity contribution is 0.688. The molecule has 0 unspecified atom stereocenters. The summed E-state index contributed by atoms with van der Waals surface area (Å²) in [6, 6.07) is 0. The first kappa shape index (κ1) is 6.07. The Morgan fingerprint density at radius 2 is 2.22 bits per heavy atom. The molecule has 9 heavy (non-hydrogen) atoms. The van der Waals surface area contributed by atoms with Gasteiger partial charge in [0, 0.05) is 5.92 Å². The highest BCUT2D eigenvalue weighted by atomic mass is 15.3. The van der Waals surface area contributed by atoms with E-state index in [1.807, 2.05) is 13.8 Å². The van der Waals surface area contributed by atoms with Gasteiger partial charge in [0.25, 0.3) is 0 Å². The molecule has 0 aromatic carbocycles. The SMILES string of the molecule is CC(C)c1ncnnn1. The summed E-state index contributed by atoms with van der Waals surface area (Å²) in [6.45, 7) is 4.02. The molecule has 0 aliphatic carbocycles. The van der Waals surface area contributed by atoms with Crippen molar-refractivity contribution in [3.8, 4) is 0 Å². The van der Waals surface area contributed by atoms with Crippen molar-refractivity contribution in [2.75, 3.05) is 0 Å². The molecule has 4 heteroatoms. The fourth-order valence-electron chi connectivity index (χ4n) is 0.470. The van der Waals surface area contributed by atoms with Crippen LogP contribution in [0.1, 0.15) is 25.6 Å². The monoisotopic (exact) mass is 124 g/mol. The van der Waals surface area contributed by atoms with Gasteiger partial charge in [-0.15, -0.1) is 10.2 Å². The van der Waals surface area contributed by atoms with Crippen molar-refractivity contribution in [2.24, 2.45) is 0 Å². The van der Waals surface area contributed by atoms with Crippen molar-refractivity contribution in [1.29, 1.82) is 0 Å². The van der Waals surface area contributed by atoms with E-state index in [0.717, 1.165) is 5.82 Å². The van der Waals surface area contributed by atoms with Gasteiger partial charge in [-0.25, -0.2) is 4.98 Å². The Morgan fingerprint density at radius 3 is 2.56 bits per heavy atom. The predicted molar refractivity (Wildman–Crippen MR) is 31.7 cm³/mol. The summed E-state index contributed by atoms with van der Waals surface area (Å²) in [5, 5.41) is 10.6. The molecule has 1 heterocycles. The van der Waals surface area contributed by atoms with Crippen LogP contribution in [0, 0.1) is 0 Å². The molecular formula is C5H8N4. The maximum atomic E-state index is 3.89. The lowest BCUT2D eigenvalue weighted by Gasteiger charge is -1.96. The van der Waals surface area contributed by atoms with Crippen LogP contribution in [-0.4, -0.2) is 20.4 Å². The van der Waals surface area contributed by atoms with Crippen molar-refractivity contribution in [1.82, 2.24) is 20.4 Å². The zero-order valence-electron chi connectivity index (χ0n) is 5.44. The Morgan fingerprint density at radius 1 is 1.44 bits per heavy atom. The lowest BCUT2D eigenvalue weighted by Crippen LogP contribution is -1.99. The van der Waals surface area contributed by atoms with Gasteiger partial charge in [-0.1, -0.05) is 13.8 Å². The summed E-state index contributed by atoms with van der Waals surface area (Å²) < 4.78 is 0. The lowest BCUT2D eigenvalue weighted by atomic mass is 10.2. The molecule has 0 amide bonds. The fraction of sp³-hybridized carbons (Fsp3) is 0.600. The van der Waals surface area contributed by atoms with E-state index >= 15 is 0 Å². The third kappa shape index (κ3) is 1.42. The van der Waals surface area contributed by atoms with Gasteiger partial charge < -0.3 is 0 Å². The molecule has 1 aromatic rings. The minimum atomic E-state index is 0.334. The van der Waals surface area contributed by atoms with Crippen molar-refractivity contribution in [2.45, 2.75) is 19.8 Å². The van der Waals surface area contributed by atoms with Crippen LogP contribution in [0.3, 0.4) is 0 Å². The van der Waals surface area contributed by atoms with Crippen LogP contribution in [0.15, 0.2) is 6.33 Å². The summed E-state index contributed by atoms with van der Waals surface area (Å²) in [4.78, 5) is 3.89. The molecule has 0 aliphatic heterocycles. The Balaban J connectivity index is 2.85. The molecule has 1 aromatic heterocycles. The number of hydrogen-bond donors (Lipinski definition) is 0. The molecule has 0 bridgehead atoms. The molecule has 0 radical (unpaired) electrons. The zero-order valence-corrected chi connectivity index (χ0v) is 5.44. The summed E-state index contributed by atoms with van der Waals surface area (Å²) in [5.74, 6) is 1.07. The van der Waals surface area contributed by atoms with Crippen molar-refractivity contribution < 1.29 is 0 Å². The van der Waals surface area contributed by atoms with Gasteiger partial charge in [0.15, 0.2) is 5.82 Å². The quantitative estimate of drug-likeness (QED) is 0.543. The smallest absolute Gasteiger partial charge is 0.157 e. The Hall–Kier alpha value is -1.06. The standard InChI is InChI=1S/C5H8N4/c1-4(2)5-6-3-7-9-8-5/h3-4H,1-2H3. The molecule has 1 rings (SSSR count). The highest BCUT2D eigenvalue weighted by Crippen LogP contribution is 2.03. The molecule has 4 nitrogen and oxygen atoms in total. The second kappa shape index (κ2) is 2.48. The Bertz CT molecular complexity index is 172. The van der Waals surface area contributed by atoms with Crippen LogP contribution in [-0.2, 0) is 0 Å². The van der Waals surface area contributed by atoms with E-state index in [0.29, 0.717) is 5.92 Å². The molecule has 0 aliphatic rings. The normalized spacial score (nSPS) is 10.1. The van der Waals surface area contributed by atoms with Crippen molar-refractivity contribution >= 4 is 0 Å². The third-order valence-corrected chi connectivity index (χ3v) is 0.957. The van der Waals surface area contributed by atoms with Gasteiger partial charge in [-0.2, -0.15) is 0 Å². The van der Waals surface area contributed by atoms with Crippen molar-refractivity contribution in [3.05, 3.63) is 12.2 Å². The van der Waals surface area contributed by atoms with Gasteiger partial charge in [-0.3, -0.25) is 0 Å². The summed E-state index contributed by atoms with van der Waals surface area (Å²) in [5.41, 5.74) is 0. The second-order valence-corrected chi connectivity index (χ2v) is 2.06. The van der Waals surface area contributed by atoms with Crippen LogP contribution in [0.25, 0.3) is 0 Å². The number of rotatable bonds is 1. The van der Waals surface area contributed by atoms with E-state index < -0.39 is 0 Å². The van der Waals surface area contributed by atoms with Gasteiger partial charge in [0.05, 0.1) is 0 Å². The van der Waals surface area contributed by atoms with E-state index in [1.54, 1.807) is 0 Å². The molecule has 0 fully saturated rings. The van der Waals surface area contributed by atoms with E-state index in [4.69, 9.17) is 0 Å². The molecular weight excluding hydrogens is 116 g/mol. The molecule has 0 atom stereocenters. The minimum absolute atomic E-state index is 0.334. The first-order chi connectivity index (χ1) is 4.30. The molecule has 0 N–H and O–H groups in total. The first-order valence-corrected chi connectivity index (χ1v) is 2.81. The van der Waals surface area contributed by atoms with E-state index in [1.165, 1.54) is 6.33 Å². The van der Waals surface area contributed by atoms with E-state index in [2.05, 4.69) is 20.4 Å². The summed E-state index contributed by atoms with van der Waals surface area (Å²) in [7, 11) is 0. The molecule has 0 spiro atoms. The van der Waals surface area contributed by atoms with Crippen LogP contribution < -0.4 is 0 Å². The zero-order chi connectivity index (χ0) is 6.69. The fourth-order valence-corrected chi connectivity index (χ4v) is 0.470. The summed E-state index contributed by atoms with van der Waals surface area (Å²) in [6.07, 6.45) is 1.41. The molecule has 48 valence electrons. The molecule has 0 saturated heterocycles. The average Bonchev–Trinajstić information content (AvgIpc) is 1.90. The third-order valence-electron chi connectivity index (χ3n) is 0.957. The van der Waals surface area contributed by atoms with Crippen LogP contribution >= 0.6 is 0 Å². The molecule has 0 saturated carbocycles. The van der Waals surface area contributed by atoms with Crippen LogP contribution in [0.5, 0.6) is 0 Å². The summed E-state index contributed by atoms with van der Waals surface area (Å²) >= 11 is 0. The van der Waals surface area contributed by atoms with E-state index in [-0.39, 0.29) is 0 Å². The second-order valence-electron chi connectivity index (χ2n) is 2.06. The predicted octanol–water partition coefficient (Wildman–Crippen LogP) is 0.390. The average molecular weight is 124 g/mol. The number of aromatic nitrogens is 4. The van der Waals surface area contributed by atoms with E-state index in [9.17, 15) is 0 Å². The van der Waals surface area contributed by atoms with Crippen molar-refractivity contribution in [3.63, 3.8) is 0 Å². The maximum Gasteiger partial charge on any atom is 0.157 e. The highest BCUT2D eigenvalue weighted by Gasteiger charge is 1.99. The first-order valence-electron chi connectivity index (χ1n) is 2.81. The van der Waals surface area contributed by atoms with Gasteiger partial charge in [-0.05, 0) is 5.21 Å². The number of nitrogens with zero attached hydrogens (tertiary/aromatic N) is 4. The van der Waals surface area contributed by atoms with Crippen LogP contribution in [0.2, 0.25) is 0 Å². The topological polar surface area (TPSA) is 51.6 Å². The van der Waals surface area contributed by atoms with Gasteiger partial charge in [0.2, 0.25) is 0 Å². The Kier molecular flexibility index (Phi) is 1.67. The van der Waals surface area contributed by atoms with Gasteiger partial charge >= 0.3 is 0 Å². The minimum Gasteiger partial charge on any atom is -0.217 e.